The Bertz CT molecular complexity index is 883. The number of ether oxygens (including phenoxy) is 1. The second-order valence-electron chi connectivity index (χ2n) is 5.78. The van der Waals surface area contributed by atoms with Gasteiger partial charge in [-0.1, -0.05) is 18.2 Å². The Balaban J connectivity index is 2.89. The third kappa shape index (κ3) is 3.66. The molecular formula is C17H21N2O7P. The molecule has 1 aliphatic heterocycles. The third-order valence-corrected chi connectivity index (χ3v) is 6.50. The predicted molar refractivity (Wildman–Crippen MR) is 98.0 cm³/mol. The highest BCUT2D eigenvalue weighted by Crippen LogP contribution is 2.63. The zero-order chi connectivity index (χ0) is 20.4. The van der Waals surface area contributed by atoms with Crippen LogP contribution in [0.1, 0.15) is 25.3 Å². The fourth-order valence-corrected chi connectivity index (χ4v) is 4.79. The summed E-state index contributed by atoms with van der Waals surface area (Å²) >= 11 is 0. The van der Waals surface area contributed by atoms with Crippen LogP contribution in [0.4, 0.5) is 5.69 Å². The van der Waals surface area contributed by atoms with Gasteiger partial charge >= 0.3 is 13.6 Å². The molecule has 1 atom stereocenters. The van der Waals surface area contributed by atoms with Crippen LogP contribution in [-0.2, 0) is 23.1 Å². The van der Waals surface area contributed by atoms with Gasteiger partial charge < -0.3 is 19.1 Å². The Morgan fingerprint density at radius 3 is 2.26 bits per heavy atom. The Morgan fingerprint density at radius 2 is 1.74 bits per heavy atom. The molecule has 10 heteroatoms. The van der Waals surface area contributed by atoms with Crippen molar-refractivity contribution in [2.45, 2.75) is 19.8 Å². The van der Waals surface area contributed by atoms with Gasteiger partial charge in [-0.25, -0.2) is 4.79 Å². The first-order chi connectivity index (χ1) is 12.7. The molecule has 1 unspecified atom stereocenters. The van der Waals surface area contributed by atoms with Gasteiger partial charge in [0, 0.05) is 37.2 Å². The molecule has 0 aliphatic carbocycles. The quantitative estimate of drug-likeness (QED) is 0.336. The average molecular weight is 396 g/mol. The van der Waals surface area contributed by atoms with Gasteiger partial charge in [0.15, 0.2) is 0 Å². The average Bonchev–Trinajstić information content (AvgIpc) is 2.66. The summed E-state index contributed by atoms with van der Waals surface area (Å²) in [7, 11) is -0.217. The number of carbonyl (C=O) groups excluding carboxylic acids is 1. The van der Waals surface area contributed by atoms with E-state index < -0.39 is 24.4 Å². The fraction of sp³-hybridized carbons (Fsp3) is 0.353. The van der Waals surface area contributed by atoms with E-state index in [1.807, 2.05) is 0 Å². The highest BCUT2D eigenvalue weighted by atomic mass is 31.2. The summed E-state index contributed by atoms with van der Waals surface area (Å²) in [5.41, 5.74) is 0.928. The van der Waals surface area contributed by atoms with E-state index in [1.165, 1.54) is 39.5 Å². The van der Waals surface area contributed by atoms with E-state index in [9.17, 15) is 19.5 Å². The molecule has 2 rings (SSSR count). The first kappa shape index (κ1) is 20.8. The highest BCUT2D eigenvalue weighted by molar-refractivity contribution is 7.58. The van der Waals surface area contributed by atoms with Gasteiger partial charge in [-0.3, -0.25) is 14.7 Å². The third-order valence-electron chi connectivity index (χ3n) is 4.35. The van der Waals surface area contributed by atoms with E-state index in [0.29, 0.717) is 11.4 Å². The van der Waals surface area contributed by atoms with Crippen molar-refractivity contribution in [3.63, 3.8) is 0 Å². The summed E-state index contributed by atoms with van der Waals surface area (Å²) in [6, 6.07) is 5.94. The Morgan fingerprint density at radius 1 is 1.15 bits per heavy atom. The molecule has 0 spiro atoms. The number of esters is 1. The number of para-hydroxylation sites is 1. The van der Waals surface area contributed by atoms with Crippen molar-refractivity contribution in [2.75, 3.05) is 21.3 Å². The van der Waals surface area contributed by atoms with Gasteiger partial charge in [-0.15, -0.1) is 0 Å². The van der Waals surface area contributed by atoms with Crippen LogP contribution in [0.3, 0.4) is 0 Å². The summed E-state index contributed by atoms with van der Waals surface area (Å²) in [5.74, 6) is -1.74. The lowest BCUT2D eigenvalue weighted by Crippen LogP contribution is -2.29. The molecule has 1 heterocycles. The van der Waals surface area contributed by atoms with E-state index in [4.69, 9.17) is 13.8 Å². The van der Waals surface area contributed by atoms with Crippen molar-refractivity contribution in [3.8, 4) is 0 Å². The summed E-state index contributed by atoms with van der Waals surface area (Å²) < 4.78 is 28.4. The van der Waals surface area contributed by atoms with Crippen molar-refractivity contribution in [2.24, 2.45) is 0 Å². The summed E-state index contributed by atoms with van der Waals surface area (Å²) in [4.78, 5) is 23.5. The number of allylic oxidation sites excluding steroid dienone is 3. The Hall–Kier alpha value is -2.48. The van der Waals surface area contributed by atoms with Crippen LogP contribution in [0.25, 0.3) is 0 Å². The topological polar surface area (TPSA) is 117 Å². The minimum atomic E-state index is -3.85. The summed E-state index contributed by atoms with van der Waals surface area (Å²) in [6.07, 6.45) is 0. The number of carbonyl (C=O) groups is 1. The van der Waals surface area contributed by atoms with Crippen molar-refractivity contribution in [1.82, 2.24) is 5.32 Å². The van der Waals surface area contributed by atoms with Gasteiger partial charge in [-0.05, 0) is 13.8 Å². The number of rotatable bonds is 6. The Labute approximate surface area is 156 Å². The lowest BCUT2D eigenvalue weighted by atomic mass is 9.85. The maximum Gasteiger partial charge on any atom is 0.359 e. The van der Waals surface area contributed by atoms with Crippen LogP contribution in [0.2, 0.25) is 0 Å². The number of nitro groups is 1. The van der Waals surface area contributed by atoms with Crippen LogP contribution in [0.5, 0.6) is 0 Å². The predicted octanol–water partition coefficient (Wildman–Crippen LogP) is 3.45. The van der Waals surface area contributed by atoms with E-state index in [2.05, 4.69) is 5.32 Å². The molecule has 0 saturated carbocycles. The molecule has 0 amide bonds. The molecule has 27 heavy (non-hydrogen) atoms. The minimum absolute atomic E-state index is 0.0988. The number of dihydropyridines is 1. The molecule has 1 aromatic carbocycles. The number of hydrogen-bond donors (Lipinski definition) is 1. The van der Waals surface area contributed by atoms with Gasteiger partial charge in [0.2, 0.25) is 0 Å². The van der Waals surface area contributed by atoms with Crippen LogP contribution < -0.4 is 5.32 Å². The van der Waals surface area contributed by atoms with E-state index in [0.717, 1.165) is 0 Å². The number of nitrogens with zero attached hydrogens (tertiary/aromatic N) is 1. The lowest BCUT2D eigenvalue weighted by Gasteiger charge is -2.33. The van der Waals surface area contributed by atoms with Crippen molar-refractivity contribution in [1.29, 1.82) is 0 Å². The first-order valence-electron chi connectivity index (χ1n) is 7.94. The molecule has 1 N–H and O–H groups in total. The molecule has 0 bridgehead atoms. The molecular weight excluding hydrogens is 375 g/mol. The maximum absolute atomic E-state index is 13.3. The standard InChI is InChI=1S/C17H21N2O7P/c1-10-14(17(20)24-3)15(12-8-6-7-9-13(12)19(21)22)16(11(2)18-10)27(23,25-4)26-5/h6-9,15,18H,1-5H3. The number of methoxy groups -OCH3 is 1. The van der Waals surface area contributed by atoms with Crippen molar-refractivity contribution < 1.29 is 28.1 Å². The second-order valence-corrected chi connectivity index (χ2v) is 7.98. The zero-order valence-electron chi connectivity index (χ0n) is 15.6. The smallest absolute Gasteiger partial charge is 0.359 e. The highest BCUT2D eigenvalue weighted by Gasteiger charge is 2.45. The molecule has 1 aromatic rings. The van der Waals surface area contributed by atoms with E-state index in [1.54, 1.807) is 19.9 Å². The SMILES string of the molecule is COC(=O)C1=C(C)NC(C)=C(P(=O)(OC)OC)C1c1ccccc1[N+](=O)[O-]. The largest absolute Gasteiger partial charge is 0.466 e. The monoisotopic (exact) mass is 396 g/mol. The lowest BCUT2D eigenvalue weighted by molar-refractivity contribution is -0.385. The van der Waals surface area contributed by atoms with Crippen LogP contribution >= 0.6 is 7.60 Å². The molecule has 0 fully saturated rings. The maximum atomic E-state index is 13.3. The van der Waals surface area contributed by atoms with E-state index in [-0.39, 0.29) is 22.1 Å². The van der Waals surface area contributed by atoms with E-state index >= 15 is 0 Å². The molecule has 1 aliphatic rings. The van der Waals surface area contributed by atoms with Crippen LogP contribution in [-0.4, -0.2) is 32.2 Å². The Kier molecular flexibility index (Phi) is 6.20. The van der Waals surface area contributed by atoms with Gasteiger partial charge in [0.05, 0.1) is 28.8 Å². The number of benzene rings is 1. The first-order valence-corrected chi connectivity index (χ1v) is 9.48. The normalized spacial score (nSPS) is 17.6. The minimum Gasteiger partial charge on any atom is -0.466 e. The number of hydrogen-bond acceptors (Lipinski definition) is 8. The zero-order valence-corrected chi connectivity index (χ0v) is 16.5. The van der Waals surface area contributed by atoms with Gasteiger partial charge in [0.25, 0.3) is 5.69 Å². The van der Waals surface area contributed by atoms with Crippen molar-refractivity contribution in [3.05, 3.63) is 62.2 Å². The van der Waals surface area contributed by atoms with Crippen molar-refractivity contribution >= 4 is 19.3 Å². The summed E-state index contributed by atoms with van der Waals surface area (Å²) in [5, 5.41) is 14.7. The van der Waals surface area contributed by atoms with Crippen LogP contribution in [0.15, 0.2) is 46.5 Å². The molecule has 9 nitrogen and oxygen atoms in total. The van der Waals surface area contributed by atoms with Gasteiger partial charge in [0.1, 0.15) is 0 Å². The molecule has 0 saturated heterocycles. The molecule has 146 valence electrons. The summed E-state index contributed by atoms with van der Waals surface area (Å²) in [6.45, 7) is 3.28. The molecule has 0 aromatic heterocycles. The van der Waals surface area contributed by atoms with Crippen LogP contribution in [0, 0.1) is 10.1 Å². The fourth-order valence-electron chi connectivity index (χ4n) is 3.20. The van der Waals surface area contributed by atoms with Gasteiger partial charge in [-0.2, -0.15) is 0 Å². The second kappa shape index (κ2) is 8.04. The number of nitro benzene ring substituents is 1. The number of nitrogens with one attached hydrogen (secondary N) is 1. The molecule has 0 radical (unpaired) electrons.